The van der Waals surface area contributed by atoms with Gasteiger partial charge < -0.3 is 4.98 Å². The van der Waals surface area contributed by atoms with Crippen molar-refractivity contribution in [1.29, 1.82) is 0 Å². The number of hydrogen-bond donors (Lipinski definition) is 1. The first kappa shape index (κ1) is 10.0. The van der Waals surface area contributed by atoms with Gasteiger partial charge in [-0.2, -0.15) is 0 Å². The summed E-state index contributed by atoms with van der Waals surface area (Å²) in [4.78, 5) is 3.40. The van der Waals surface area contributed by atoms with Crippen molar-refractivity contribution in [2.75, 3.05) is 0 Å². The zero-order chi connectivity index (χ0) is 10.8. The highest BCUT2D eigenvalue weighted by Crippen LogP contribution is 2.20. The third-order valence-electron chi connectivity index (χ3n) is 3.07. The van der Waals surface area contributed by atoms with Gasteiger partial charge in [-0.15, -0.1) is 0 Å². The molecular weight excluding hydrogens is 182 g/mol. The number of aromatic amines is 1. The van der Waals surface area contributed by atoms with E-state index < -0.39 is 0 Å². The third kappa shape index (κ3) is 1.96. The first-order chi connectivity index (χ1) is 7.18. The molecule has 0 saturated carbocycles. The molecule has 0 spiro atoms. The average molecular weight is 199 g/mol. The predicted molar refractivity (Wildman–Crippen MR) is 64.3 cm³/mol. The van der Waals surface area contributed by atoms with Crippen LogP contribution in [0.2, 0.25) is 0 Å². The molecule has 1 N–H and O–H groups in total. The van der Waals surface area contributed by atoms with Crippen LogP contribution >= 0.6 is 0 Å². The van der Waals surface area contributed by atoms with Gasteiger partial charge in [0.1, 0.15) is 0 Å². The van der Waals surface area contributed by atoms with Crippen LogP contribution < -0.4 is 0 Å². The summed E-state index contributed by atoms with van der Waals surface area (Å²) in [6.07, 6.45) is 1.03. The zero-order valence-corrected chi connectivity index (χ0v) is 9.59. The molecule has 0 aliphatic carbocycles. The van der Waals surface area contributed by atoms with Crippen LogP contribution in [0, 0.1) is 20.8 Å². The zero-order valence-electron chi connectivity index (χ0n) is 9.59. The van der Waals surface area contributed by atoms with Gasteiger partial charge in [0, 0.05) is 11.4 Å². The van der Waals surface area contributed by atoms with Gasteiger partial charge in [-0.1, -0.05) is 30.3 Å². The number of aromatic nitrogens is 1. The number of hydrogen-bond acceptors (Lipinski definition) is 0. The Morgan fingerprint density at radius 3 is 2.13 bits per heavy atom. The molecule has 0 radical (unpaired) electrons. The minimum Gasteiger partial charge on any atom is -0.362 e. The Labute approximate surface area is 91.2 Å². The van der Waals surface area contributed by atoms with Crippen LogP contribution in [0.25, 0.3) is 0 Å². The van der Waals surface area contributed by atoms with Gasteiger partial charge in [0.25, 0.3) is 0 Å². The van der Waals surface area contributed by atoms with Crippen LogP contribution in [0.5, 0.6) is 0 Å². The minimum atomic E-state index is 1.03. The van der Waals surface area contributed by atoms with Crippen LogP contribution in [-0.2, 0) is 6.42 Å². The lowest BCUT2D eigenvalue weighted by molar-refractivity contribution is 1.12. The highest BCUT2D eigenvalue weighted by molar-refractivity contribution is 5.38. The summed E-state index contributed by atoms with van der Waals surface area (Å²) < 4.78 is 0. The normalized spacial score (nSPS) is 10.6. The summed E-state index contributed by atoms with van der Waals surface area (Å²) in [7, 11) is 0. The fourth-order valence-electron chi connectivity index (χ4n) is 2.02. The molecule has 15 heavy (non-hydrogen) atoms. The molecule has 78 valence electrons. The largest absolute Gasteiger partial charge is 0.362 e. The van der Waals surface area contributed by atoms with E-state index in [-0.39, 0.29) is 0 Å². The van der Waals surface area contributed by atoms with E-state index in [0.29, 0.717) is 0 Å². The van der Waals surface area contributed by atoms with E-state index in [0.717, 1.165) is 6.42 Å². The fourth-order valence-corrected chi connectivity index (χ4v) is 2.02. The van der Waals surface area contributed by atoms with Crippen LogP contribution in [0.3, 0.4) is 0 Å². The van der Waals surface area contributed by atoms with Gasteiger partial charge in [0.15, 0.2) is 0 Å². The van der Waals surface area contributed by atoms with Gasteiger partial charge in [-0.3, -0.25) is 0 Å². The third-order valence-corrected chi connectivity index (χ3v) is 3.07. The van der Waals surface area contributed by atoms with Gasteiger partial charge in [-0.25, -0.2) is 0 Å². The first-order valence-corrected chi connectivity index (χ1v) is 5.37. The lowest BCUT2D eigenvalue weighted by Crippen LogP contribution is -1.90. The van der Waals surface area contributed by atoms with Gasteiger partial charge >= 0.3 is 0 Å². The number of nitrogens with one attached hydrogen (secondary N) is 1. The molecule has 1 heterocycles. The molecule has 2 rings (SSSR count). The Hall–Kier alpha value is -1.50. The first-order valence-electron chi connectivity index (χ1n) is 5.37. The smallest absolute Gasteiger partial charge is 0.0156 e. The number of benzene rings is 1. The maximum absolute atomic E-state index is 3.40. The molecule has 0 bridgehead atoms. The molecule has 0 fully saturated rings. The van der Waals surface area contributed by atoms with Crippen molar-refractivity contribution in [2.45, 2.75) is 27.2 Å². The maximum atomic E-state index is 3.40. The lowest BCUT2D eigenvalue weighted by atomic mass is 10.0. The summed E-state index contributed by atoms with van der Waals surface area (Å²) in [6, 6.07) is 10.6. The van der Waals surface area contributed by atoms with Gasteiger partial charge in [-0.05, 0) is 43.9 Å². The van der Waals surface area contributed by atoms with Crippen LogP contribution in [-0.4, -0.2) is 4.98 Å². The monoisotopic (exact) mass is 199 g/mol. The molecule has 1 aromatic carbocycles. The number of aryl methyl sites for hydroxylation is 2. The van der Waals surface area contributed by atoms with Crippen LogP contribution in [0.1, 0.15) is 28.1 Å². The molecule has 0 unspecified atom stereocenters. The molecule has 1 nitrogen and oxygen atoms in total. The standard InChI is InChI=1S/C14H17N/c1-10-11(2)15-12(3)14(10)9-13-7-5-4-6-8-13/h4-8,15H,9H2,1-3H3. The van der Waals surface area contributed by atoms with Crippen molar-refractivity contribution in [3.05, 3.63) is 58.4 Å². The Kier molecular flexibility index (Phi) is 2.63. The second-order valence-electron chi connectivity index (χ2n) is 4.14. The molecule has 0 atom stereocenters. The SMILES string of the molecule is Cc1[nH]c(C)c(Cc2ccccc2)c1C. The van der Waals surface area contributed by atoms with Gasteiger partial charge in [0.05, 0.1) is 0 Å². The molecule has 0 saturated heterocycles. The van der Waals surface area contributed by atoms with E-state index in [2.05, 4.69) is 56.1 Å². The highest BCUT2D eigenvalue weighted by Gasteiger charge is 2.08. The fraction of sp³-hybridized carbons (Fsp3) is 0.286. The van der Waals surface area contributed by atoms with Crippen molar-refractivity contribution in [3.8, 4) is 0 Å². The number of rotatable bonds is 2. The van der Waals surface area contributed by atoms with Crippen molar-refractivity contribution >= 4 is 0 Å². The van der Waals surface area contributed by atoms with E-state index in [1.54, 1.807) is 0 Å². The van der Waals surface area contributed by atoms with Crippen LogP contribution in [0.15, 0.2) is 30.3 Å². The van der Waals surface area contributed by atoms with Crippen molar-refractivity contribution in [3.63, 3.8) is 0 Å². The lowest BCUT2D eigenvalue weighted by Gasteiger charge is -2.02. The second kappa shape index (κ2) is 3.93. The Balaban J connectivity index is 2.32. The second-order valence-corrected chi connectivity index (χ2v) is 4.14. The van der Waals surface area contributed by atoms with Crippen LogP contribution in [0.4, 0.5) is 0 Å². The van der Waals surface area contributed by atoms with E-state index in [1.807, 2.05) is 0 Å². The van der Waals surface area contributed by atoms with E-state index in [1.165, 1.54) is 28.1 Å². The van der Waals surface area contributed by atoms with Gasteiger partial charge in [0.2, 0.25) is 0 Å². The molecule has 2 aromatic rings. The van der Waals surface area contributed by atoms with E-state index >= 15 is 0 Å². The summed E-state index contributed by atoms with van der Waals surface area (Å²) >= 11 is 0. The summed E-state index contributed by atoms with van der Waals surface area (Å²) in [6.45, 7) is 6.48. The topological polar surface area (TPSA) is 15.8 Å². The average Bonchev–Trinajstić information content (AvgIpc) is 2.47. The summed E-state index contributed by atoms with van der Waals surface area (Å²) in [5.74, 6) is 0. The molecule has 1 heteroatoms. The summed E-state index contributed by atoms with van der Waals surface area (Å²) in [5, 5.41) is 0. The van der Waals surface area contributed by atoms with Crippen molar-refractivity contribution in [2.24, 2.45) is 0 Å². The van der Waals surface area contributed by atoms with Crippen molar-refractivity contribution < 1.29 is 0 Å². The molecule has 0 aliphatic rings. The molecular formula is C14H17N. The van der Waals surface area contributed by atoms with E-state index in [9.17, 15) is 0 Å². The molecule has 0 aliphatic heterocycles. The Morgan fingerprint density at radius 2 is 1.60 bits per heavy atom. The highest BCUT2D eigenvalue weighted by atomic mass is 14.7. The number of H-pyrrole nitrogens is 1. The summed E-state index contributed by atoms with van der Waals surface area (Å²) in [5.41, 5.74) is 6.81. The van der Waals surface area contributed by atoms with Crippen molar-refractivity contribution in [1.82, 2.24) is 4.98 Å². The van der Waals surface area contributed by atoms with E-state index in [4.69, 9.17) is 0 Å². The Bertz CT molecular complexity index is 452. The Morgan fingerprint density at radius 1 is 0.933 bits per heavy atom. The quantitative estimate of drug-likeness (QED) is 0.761. The molecule has 1 aromatic heterocycles. The minimum absolute atomic E-state index is 1.03. The maximum Gasteiger partial charge on any atom is 0.0156 e. The molecule has 0 amide bonds. The predicted octanol–water partition coefficient (Wildman–Crippen LogP) is 3.53.